The van der Waals surface area contributed by atoms with Crippen molar-refractivity contribution < 1.29 is 0 Å². The summed E-state index contributed by atoms with van der Waals surface area (Å²) in [6.45, 7) is 7.99. The molecule has 1 heterocycles. The summed E-state index contributed by atoms with van der Waals surface area (Å²) in [5.41, 5.74) is 3.85. The van der Waals surface area contributed by atoms with Crippen molar-refractivity contribution in [1.82, 2.24) is 4.90 Å². The van der Waals surface area contributed by atoms with Crippen LogP contribution in [0.3, 0.4) is 0 Å². The molecular formula is C16H25ClN2. The van der Waals surface area contributed by atoms with Crippen molar-refractivity contribution >= 4 is 17.3 Å². The van der Waals surface area contributed by atoms with E-state index in [0.29, 0.717) is 11.9 Å². The summed E-state index contributed by atoms with van der Waals surface area (Å²) in [5.74, 6) is 0.594. The number of rotatable bonds is 5. The van der Waals surface area contributed by atoms with E-state index < -0.39 is 0 Å². The molecule has 1 aliphatic rings. The van der Waals surface area contributed by atoms with Gasteiger partial charge in [0.2, 0.25) is 0 Å². The van der Waals surface area contributed by atoms with Crippen LogP contribution in [0.4, 0.5) is 5.69 Å². The van der Waals surface area contributed by atoms with E-state index in [9.17, 15) is 0 Å². The van der Waals surface area contributed by atoms with Crippen LogP contribution in [0, 0.1) is 6.92 Å². The maximum Gasteiger partial charge on any atom is 0.0474 e. The maximum absolute atomic E-state index is 5.89. The molecule has 3 heteroatoms. The lowest BCUT2D eigenvalue weighted by molar-refractivity contribution is 0.270. The number of likely N-dealkylation sites (tertiary alicyclic amines) is 1. The van der Waals surface area contributed by atoms with E-state index in [4.69, 9.17) is 11.6 Å². The number of anilines is 1. The van der Waals surface area contributed by atoms with Gasteiger partial charge in [0.05, 0.1) is 0 Å². The third-order valence-corrected chi connectivity index (χ3v) is 4.53. The quantitative estimate of drug-likeness (QED) is 0.760. The Labute approximate surface area is 122 Å². The van der Waals surface area contributed by atoms with E-state index in [-0.39, 0.29) is 0 Å². The highest BCUT2D eigenvalue weighted by Gasteiger charge is 2.24. The van der Waals surface area contributed by atoms with Crippen LogP contribution in [-0.2, 0) is 5.88 Å². The molecule has 1 aliphatic heterocycles. The second-order valence-corrected chi connectivity index (χ2v) is 5.83. The summed E-state index contributed by atoms with van der Waals surface area (Å²) >= 11 is 5.89. The third kappa shape index (κ3) is 3.43. The van der Waals surface area contributed by atoms with E-state index in [2.05, 4.69) is 48.9 Å². The van der Waals surface area contributed by atoms with Crippen molar-refractivity contribution in [2.75, 3.05) is 31.6 Å². The average Bonchev–Trinajstić information content (AvgIpc) is 2.85. The molecule has 1 atom stereocenters. The minimum atomic E-state index is 0.594. The highest BCUT2D eigenvalue weighted by molar-refractivity contribution is 6.17. The van der Waals surface area contributed by atoms with Crippen molar-refractivity contribution in [3.63, 3.8) is 0 Å². The zero-order valence-corrected chi connectivity index (χ0v) is 13.1. The number of halogens is 1. The molecule has 1 fully saturated rings. The first-order valence-electron chi connectivity index (χ1n) is 7.26. The van der Waals surface area contributed by atoms with E-state index in [0.717, 1.165) is 6.54 Å². The fraction of sp³-hybridized carbons (Fsp3) is 0.625. The van der Waals surface area contributed by atoms with E-state index in [1.165, 1.54) is 42.7 Å². The molecule has 106 valence electrons. The Balaban J connectivity index is 2.05. The molecule has 2 nitrogen and oxygen atoms in total. The fourth-order valence-corrected chi connectivity index (χ4v) is 3.33. The highest BCUT2D eigenvalue weighted by Crippen LogP contribution is 2.24. The Bertz CT molecular complexity index is 419. The van der Waals surface area contributed by atoms with Gasteiger partial charge in [-0.3, -0.25) is 4.90 Å². The molecule has 1 aromatic rings. The zero-order valence-electron chi connectivity index (χ0n) is 12.3. The van der Waals surface area contributed by atoms with Gasteiger partial charge in [-0.05, 0) is 50.0 Å². The van der Waals surface area contributed by atoms with E-state index >= 15 is 0 Å². The van der Waals surface area contributed by atoms with E-state index in [1.54, 1.807) is 0 Å². The summed E-state index contributed by atoms with van der Waals surface area (Å²) in [7, 11) is 2.20. The summed E-state index contributed by atoms with van der Waals surface area (Å²) in [4.78, 5) is 4.99. The molecule has 0 saturated carbocycles. The molecule has 0 aromatic heterocycles. The molecule has 1 aromatic carbocycles. The molecule has 2 rings (SSSR count). The standard InChI is InChI=1S/C16H25ClN2/c1-4-19-9-5-6-15(19)12-18(3)16-8-7-14(11-17)10-13(16)2/h7-8,10,15H,4-6,9,11-12H2,1-3H3. The smallest absolute Gasteiger partial charge is 0.0474 e. The van der Waals surface area contributed by atoms with Crippen molar-refractivity contribution in [2.45, 2.75) is 38.6 Å². The van der Waals surface area contributed by atoms with Crippen LogP contribution in [0.15, 0.2) is 18.2 Å². The number of hydrogen-bond donors (Lipinski definition) is 0. The second-order valence-electron chi connectivity index (χ2n) is 5.56. The van der Waals surface area contributed by atoms with E-state index in [1.807, 2.05) is 0 Å². The van der Waals surface area contributed by atoms with Crippen LogP contribution in [0.5, 0.6) is 0 Å². The minimum Gasteiger partial charge on any atom is -0.373 e. The predicted molar refractivity (Wildman–Crippen MR) is 84.3 cm³/mol. The Morgan fingerprint density at radius 1 is 1.42 bits per heavy atom. The first-order chi connectivity index (χ1) is 9.15. The predicted octanol–water partition coefficient (Wildman–Crippen LogP) is 3.65. The molecule has 1 saturated heterocycles. The lowest BCUT2D eigenvalue weighted by Crippen LogP contribution is -2.38. The Kier molecular flexibility index (Phi) is 5.12. The van der Waals surface area contributed by atoms with Crippen molar-refractivity contribution in [1.29, 1.82) is 0 Å². The number of benzene rings is 1. The number of likely N-dealkylation sites (N-methyl/N-ethyl adjacent to an activating group) is 2. The number of hydrogen-bond acceptors (Lipinski definition) is 2. The summed E-state index contributed by atoms with van der Waals surface area (Å²) in [5, 5.41) is 0. The van der Waals surface area contributed by atoms with Crippen LogP contribution in [0.1, 0.15) is 30.9 Å². The largest absolute Gasteiger partial charge is 0.373 e. The lowest BCUT2D eigenvalue weighted by Gasteiger charge is -2.30. The summed E-state index contributed by atoms with van der Waals surface area (Å²) in [6.07, 6.45) is 2.67. The van der Waals surface area contributed by atoms with Crippen molar-refractivity contribution in [2.24, 2.45) is 0 Å². The van der Waals surface area contributed by atoms with Gasteiger partial charge >= 0.3 is 0 Å². The first kappa shape index (κ1) is 14.7. The summed E-state index contributed by atoms with van der Waals surface area (Å²) in [6, 6.07) is 7.25. The maximum atomic E-state index is 5.89. The topological polar surface area (TPSA) is 6.48 Å². The monoisotopic (exact) mass is 280 g/mol. The van der Waals surface area contributed by atoms with Gasteiger partial charge in [-0.15, -0.1) is 11.6 Å². The molecule has 19 heavy (non-hydrogen) atoms. The fourth-order valence-electron chi connectivity index (χ4n) is 3.16. The first-order valence-corrected chi connectivity index (χ1v) is 7.79. The molecule has 0 radical (unpaired) electrons. The van der Waals surface area contributed by atoms with Crippen molar-refractivity contribution in [3.05, 3.63) is 29.3 Å². The Hall–Kier alpha value is -0.730. The molecular weight excluding hydrogens is 256 g/mol. The van der Waals surface area contributed by atoms with Gasteiger partial charge in [-0.2, -0.15) is 0 Å². The molecule has 0 amide bonds. The number of nitrogens with zero attached hydrogens (tertiary/aromatic N) is 2. The minimum absolute atomic E-state index is 0.594. The Morgan fingerprint density at radius 3 is 2.84 bits per heavy atom. The SMILES string of the molecule is CCN1CCCC1CN(C)c1ccc(CCl)cc1C. The van der Waals surface area contributed by atoms with Gasteiger partial charge in [0.15, 0.2) is 0 Å². The van der Waals surface area contributed by atoms with Crippen molar-refractivity contribution in [3.8, 4) is 0 Å². The average molecular weight is 281 g/mol. The molecule has 0 bridgehead atoms. The van der Waals surface area contributed by atoms with Gasteiger partial charge in [0, 0.05) is 31.2 Å². The van der Waals surface area contributed by atoms with Gasteiger partial charge in [0.25, 0.3) is 0 Å². The van der Waals surface area contributed by atoms with Gasteiger partial charge in [-0.1, -0.05) is 19.1 Å². The lowest BCUT2D eigenvalue weighted by atomic mass is 10.1. The van der Waals surface area contributed by atoms with Crippen LogP contribution < -0.4 is 4.90 Å². The number of alkyl halides is 1. The summed E-state index contributed by atoms with van der Waals surface area (Å²) < 4.78 is 0. The van der Waals surface area contributed by atoms with Gasteiger partial charge in [-0.25, -0.2) is 0 Å². The zero-order chi connectivity index (χ0) is 13.8. The second kappa shape index (κ2) is 6.62. The third-order valence-electron chi connectivity index (χ3n) is 4.22. The van der Waals surface area contributed by atoms with Gasteiger partial charge in [0.1, 0.15) is 0 Å². The molecule has 1 unspecified atom stereocenters. The van der Waals surface area contributed by atoms with Crippen LogP contribution in [0.25, 0.3) is 0 Å². The van der Waals surface area contributed by atoms with Gasteiger partial charge < -0.3 is 4.90 Å². The molecule has 0 aliphatic carbocycles. The van der Waals surface area contributed by atoms with Crippen LogP contribution in [0.2, 0.25) is 0 Å². The molecule has 0 N–H and O–H groups in total. The highest BCUT2D eigenvalue weighted by atomic mass is 35.5. The normalized spacial score (nSPS) is 19.9. The van der Waals surface area contributed by atoms with Crippen LogP contribution >= 0.6 is 11.6 Å². The van der Waals surface area contributed by atoms with Crippen LogP contribution in [-0.4, -0.2) is 37.6 Å². The number of aryl methyl sites for hydroxylation is 1. The Morgan fingerprint density at radius 2 is 2.21 bits per heavy atom. The molecule has 0 spiro atoms.